The Morgan fingerprint density at radius 1 is 0.943 bits per heavy atom. The summed E-state index contributed by atoms with van der Waals surface area (Å²) in [4.78, 5) is 31.2. The van der Waals surface area contributed by atoms with Gasteiger partial charge in [-0.3, -0.25) is 14.5 Å². The molecule has 2 aliphatic heterocycles. The SMILES string of the molecule is Cc1ccc(NC(=O)CN2CCC(C(=O)N3CCN(c4cccc(C(F)(F)F)c4)CC3)CC2)cc1. The summed E-state index contributed by atoms with van der Waals surface area (Å²) in [5.74, 6) is -0.0340. The first-order chi connectivity index (χ1) is 16.7. The molecule has 0 spiro atoms. The zero-order valence-corrected chi connectivity index (χ0v) is 19.9. The summed E-state index contributed by atoms with van der Waals surface area (Å²) in [5, 5.41) is 2.91. The Balaban J connectivity index is 1.21. The minimum Gasteiger partial charge on any atom is -0.368 e. The summed E-state index contributed by atoms with van der Waals surface area (Å²) < 4.78 is 39.1. The van der Waals surface area contributed by atoms with Gasteiger partial charge in [0.25, 0.3) is 0 Å². The third-order valence-electron chi connectivity index (χ3n) is 6.77. The van der Waals surface area contributed by atoms with E-state index < -0.39 is 11.7 Å². The molecule has 2 aromatic rings. The zero-order chi connectivity index (χ0) is 25.0. The highest BCUT2D eigenvalue weighted by Crippen LogP contribution is 2.32. The molecule has 6 nitrogen and oxygen atoms in total. The molecule has 2 amide bonds. The minimum atomic E-state index is -4.37. The first-order valence-electron chi connectivity index (χ1n) is 12.0. The van der Waals surface area contributed by atoms with Crippen LogP contribution in [0.3, 0.4) is 0 Å². The lowest BCUT2D eigenvalue weighted by molar-refractivity contribution is -0.138. The third-order valence-corrected chi connectivity index (χ3v) is 6.77. The molecule has 2 heterocycles. The van der Waals surface area contributed by atoms with E-state index in [2.05, 4.69) is 10.2 Å². The molecule has 4 rings (SSSR count). The number of hydrogen-bond acceptors (Lipinski definition) is 4. The molecule has 0 aromatic heterocycles. The highest BCUT2D eigenvalue weighted by atomic mass is 19.4. The van der Waals surface area contributed by atoms with E-state index in [1.807, 2.05) is 41.0 Å². The quantitative estimate of drug-likeness (QED) is 0.691. The Hall–Kier alpha value is -3.07. The molecule has 1 N–H and O–H groups in total. The number of benzene rings is 2. The van der Waals surface area contributed by atoms with Crippen molar-refractivity contribution >= 4 is 23.2 Å². The van der Waals surface area contributed by atoms with Gasteiger partial charge >= 0.3 is 6.18 Å². The van der Waals surface area contributed by atoms with Crippen molar-refractivity contribution in [3.05, 3.63) is 59.7 Å². The second kappa shape index (κ2) is 10.7. The summed E-state index contributed by atoms with van der Waals surface area (Å²) in [6.45, 7) is 5.65. The van der Waals surface area contributed by atoms with Gasteiger partial charge < -0.3 is 15.1 Å². The summed E-state index contributed by atoms with van der Waals surface area (Å²) in [6.07, 6.45) is -2.97. The van der Waals surface area contributed by atoms with Gasteiger partial charge in [-0.15, -0.1) is 0 Å². The predicted molar refractivity (Wildman–Crippen MR) is 129 cm³/mol. The summed E-state index contributed by atoms with van der Waals surface area (Å²) in [6, 6.07) is 13.0. The van der Waals surface area contributed by atoms with Crippen LogP contribution in [0.25, 0.3) is 0 Å². The van der Waals surface area contributed by atoms with E-state index in [0.29, 0.717) is 64.3 Å². The van der Waals surface area contributed by atoms with Crippen molar-refractivity contribution < 1.29 is 22.8 Å². The molecule has 0 atom stereocenters. The number of carbonyl (C=O) groups is 2. The van der Waals surface area contributed by atoms with Crippen molar-refractivity contribution in [3.8, 4) is 0 Å². The van der Waals surface area contributed by atoms with E-state index in [1.54, 1.807) is 6.07 Å². The fourth-order valence-corrected chi connectivity index (χ4v) is 4.70. The fraction of sp³-hybridized carbons (Fsp3) is 0.462. The van der Waals surface area contributed by atoms with Crippen molar-refractivity contribution in [2.45, 2.75) is 25.9 Å². The van der Waals surface area contributed by atoms with Crippen LogP contribution >= 0.6 is 0 Å². The highest BCUT2D eigenvalue weighted by molar-refractivity contribution is 5.92. The van der Waals surface area contributed by atoms with Crippen LogP contribution in [0.4, 0.5) is 24.5 Å². The van der Waals surface area contributed by atoms with Gasteiger partial charge in [-0.2, -0.15) is 13.2 Å². The Kier molecular flexibility index (Phi) is 7.64. The highest BCUT2D eigenvalue weighted by Gasteiger charge is 2.33. The molecule has 0 radical (unpaired) electrons. The van der Waals surface area contributed by atoms with Gasteiger partial charge in [0.2, 0.25) is 11.8 Å². The molecule has 9 heteroatoms. The number of hydrogen-bond donors (Lipinski definition) is 1. The molecular weight excluding hydrogens is 457 g/mol. The number of piperidine rings is 1. The monoisotopic (exact) mass is 488 g/mol. The lowest BCUT2D eigenvalue weighted by atomic mass is 9.95. The number of likely N-dealkylation sites (tertiary alicyclic amines) is 1. The number of aryl methyl sites for hydroxylation is 1. The van der Waals surface area contributed by atoms with Crippen LogP contribution in [-0.2, 0) is 15.8 Å². The van der Waals surface area contributed by atoms with E-state index in [9.17, 15) is 22.8 Å². The van der Waals surface area contributed by atoms with E-state index in [0.717, 1.165) is 17.3 Å². The number of nitrogens with one attached hydrogen (secondary N) is 1. The molecule has 188 valence electrons. The van der Waals surface area contributed by atoms with E-state index in [4.69, 9.17) is 0 Å². The van der Waals surface area contributed by atoms with E-state index in [1.165, 1.54) is 12.1 Å². The molecule has 0 aliphatic carbocycles. The Morgan fingerprint density at radius 3 is 2.23 bits per heavy atom. The number of nitrogens with zero attached hydrogens (tertiary/aromatic N) is 3. The zero-order valence-electron chi connectivity index (χ0n) is 19.9. The molecule has 2 aromatic carbocycles. The normalized spacial score (nSPS) is 17.9. The van der Waals surface area contributed by atoms with Crippen LogP contribution in [0.1, 0.15) is 24.0 Å². The fourth-order valence-electron chi connectivity index (χ4n) is 4.70. The molecule has 35 heavy (non-hydrogen) atoms. The molecular formula is C26H31F3N4O2. The number of carbonyl (C=O) groups excluding carboxylic acids is 2. The molecule has 0 bridgehead atoms. The van der Waals surface area contributed by atoms with Crippen molar-refractivity contribution in [2.24, 2.45) is 5.92 Å². The minimum absolute atomic E-state index is 0.0654. The summed E-state index contributed by atoms with van der Waals surface area (Å²) in [7, 11) is 0. The van der Waals surface area contributed by atoms with Crippen molar-refractivity contribution in [2.75, 3.05) is 56.0 Å². The van der Waals surface area contributed by atoms with Crippen LogP contribution < -0.4 is 10.2 Å². The first kappa shape index (κ1) is 25.0. The standard InChI is InChI=1S/C26H31F3N4O2/c1-19-5-7-22(8-6-19)30-24(34)18-31-11-9-20(10-12-31)25(35)33-15-13-32(14-16-33)23-4-2-3-21(17-23)26(27,28)29/h2-8,17,20H,9-16,18H2,1H3,(H,30,34). The van der Waals surface area contributed by atoms with Gasteiger partial charge in [-0.1, -0.05) is 23.8 Å². The smallest absolute Gasteiger partial charge is 0.368 e. The lowest BCUT2D eigenvalue weighted by Crippen LogP contribution is -2.52. The van der Waals surface area contributed by atoms with Crippen LogP contribution in [-0.4, -0.2) is 67.4 Å². The number of halogens is 3. The van der Waals surface area contributed by atoms with Gasteiger partial charge in [0, 0.05) is 43.5 Å². The first-order valence-corrected chi connectivity index (χ1v) is 12.0. The summed E-state index contributed by atoms with van der Waals surface area (Å²) in [5.41, 5.74) is 1.78. The molecule has 0 unspecified atom stereocenters. The van der Waals surface area contributed by atoms with Crippen molar-refractivity contribution in [1.82, 2.24) is 9.80 Å². The van der Waals surface area contributed by atoms with Crippen molar-refractivity contribution in [3.63, 3.8) is 0 Å². The number of anilines is 2. The maximum absolute atomic E-state index is 13.0. The third kappa shape index (κ3) is 6.54. The summed E-state index contributed by atoms with van der Waals surface area (Å²) >= 11 is 0. The topological polar surface area (TPSA) is 55.9 Å². The van der Waals surface area contributed by atoms with Crippen LogP contribution in [0, 0.1) is 12.8 Å². The average molecular weight is 489 g/mol. The Labute approximate surface area is 203 Å². The lowest BCUT2D eigenvalue weighted by Gasteiger charge is -2.39. The second-order valence-corrected chi connectivity index (χ2v) is 9.33. The number of amides is 2. The number of alkyl halides is 3. The average Bonchev–Trinajstić information content (AvgIpc) is 2.85. The predicted octanol–water partition coefficient (Wildman–Crippen LogP) is 4.01. The maximum Gasteiger partial charge on any atom is 0.416 e. The molecule has 0 saturated carbocycles. The molecule has 2 saturated heterocycles. The van der Waals surface area contributed by atoms with Crippen LogP contribution in [0.15, 0.2) is 48.5 Å². The largest absolute Gasteiger partial charge is 0.416 e. The van der Waals surface area contributed by atoms with E-state index in [-0.39, 0.29) is 17.7 Å². The Morgan fingerprint density at radius 2 is 1.60 bits per heavy atom. The number of rotatable bonds is 5. The van der Waals surface area contributed by atoms with Gasteiger partial charge in [0.1, 0.15) is 0 Å². The van der Waals surface area contributed by atoms with Crippen LogP contribution in [0.2, 0.25) is 0 Å². The van der Waals surface area contributed by atoms with Crippen molar-refractivity contribution in [1.29, 1.82) is 0 Å². The maximum atomic E-state index is 13.0. The second-order valence-electron chi connectivity index (χ2n) is 9.33. The van der Waals surface area contributed by atoms with E-state index >= 15 is 0 Å². The molecule has 2 aliphatic rings. The van der Waals surface area contributed by atoms with Gasteiger partial charge in [-0.25, -0.2) is 0 Å². The van der Waals surface area contributed by atoms with Crippen LogP contribution in [0.5, 0.6) is 0 Å². The van der Waals surface area contributed by atoms with Gasteiger partial charge in [0.15, 0.2) is 0 Å². The van der Waals surface area contributed by atoms with Gasteiger partial charge in [0.05, 0.1) is 12.1 Å². The Bertz CT molecular complexity index is 1030. The van der Waals surface area contributed by atoms with Gasteiger partial charge in [-0.05, 0) is 63.2 Å². The number of piperazine rings is 1. The molecule has 2 fully saturated rings.